The summed E-state index contributed by atoms with van der Waals surface area (Å²) in [6.07, 6.45) is -5.11. The maximum Gasteiger partial charge on any atom is 0.328 e. The number of aliphatic hydroxyl groups excluding tert-OH is 2. The quantitative estimate of drug-likeness (QED) is 0.0117. The number of nitrogens with zero attached hydrogens (tertiary/aromatic N) is 3. The van der Waals surface area contributed by atoms with E-state index in [9.17, 15) is 87.9 Å². The zero-order valence-corrected chi connectivity index (χ0v) is 52.3. The van der Waals surface area contributed by atoms with Crippen LogP contribution < -0.4 is 76.5 Å². The smallest absolute Gasteiger partial charge is 0.328 e. The summed E-state index contributed by atoms with van der Waals surface area (Å²) in [4.78, 5) is 183. The molecule has 1 rings (SSSR count). The molecule has 14 atom stereocenters. The van der Waals surface area contributed by atoms with Crippen LogP contribution in [0.15, 0.2) is 9.98 Å². The average molecular weight is 1290 g/mol. The monoisotopic (exact) mass is 1290 g/mol. The molecule has 0 aromatic rings. The Morgan fingerprint density at radius 1 is 0.539 bits per heavy atom. The highest BCUT2D eigenvalue weighted by atomic mass is 32.1. The van der Waals surface area contributed by atoms with Gasteiger partial charge in [0.15, 0.2) is 18.0 Å². The molecule has 10 amide bonds. The first-order chi connectivity index (χ1) is 41.5. The molecule has 0 saturated carbocycles. The zero-order chi connectivity index (χ0) is 68.2. The normalized spacial score (nSPS) is 17.3. The Kier molecular flexibility index (Phi) is 34.6. The molecular weight excluding hydrogens is 1190 g/mol. The number of rotatable bonds is 40. The van der Waals surface area contributed by atoms with Crippen LogP contribution in [0.25, 0.3) is 0 Å². The van der Waals surface area contributed by atoms with Crippen molar-refractivity contribution in [1.29, 1.82) is 0 Å². The van der Waals surface area contributed by atoms with Crippen LogP contribution in [0.4, 0.5) is 0 Å². The van der Waals surface area contributed by atoms with Gasteiger partial charge in [0.05, 0.1) is 31.1 Å². The fourth-order valence-electron chi connectivity index (χ4n) is 8.95. The second-order valence-electron chi connectivity index (χ2n) is 22.4. The highest BCUT2D eigenvalue weighted by molar-refractivity contribution is 7.80. The largest absolute Gasteiger partial charge is 0.481 e. The lowest BCUT2D eigenvalue weighted by atomic mass is 9.95. The molecule has 0 aliphatic carbocycles. The van der Waals surface area contributed by atoms with E-state index in [1.54, 1.807) is 27.7 Å². The van der Waals surface area contributed by atoms with Gasteiger partial charge in [0.2, 0.25) is 59.1 Å². The summed E-state index contributed by atoms with van der Waals surface area (Å²) >= 11 is 3.90. The maximum atomic E-state index is 14.5. The van der Waals surface area contributed by atoms with Gasteiger partial charge >= 0.3 is 17.9 Å². The zero-order valence-electron chi connectivity index (χ0n) is 51.4. The molecule has 0 aromatic carbocycles. The number of aliphatic imine (C=N–C) groups is 2. The Morgan fingerprint density at radius 3 is 1.36 bits per heavy atom. The summed E-state index contributed by atoms with van der Waals surface area (Å²) < 4.78 is 0. The van der Waals surface area contributed by atoms with Gasteiger partial charge in [0, 0.05) is 25.4 Å². The number of nitrogens with two attached hydrogens (primary N) is 5. The van der Waals surface area contributed by atoms with Crippen molar-refractivity contribution in [2.45, 2.75) is 198 Å². The fourth-order valence-corrected chi connectivity index (χ4v) is 9.12. The van der Waals surface area contributed by atoms with Gasteiger partial charge in [-0.1, -0.05) is 48.0 Å². The van der Waals surface area contributed by atoms with Gasteiger partial charge in [-0.15, -0.1) is 0 Å². The van der Waals surface area contributed by atoms with E-state index in [0.29, 0.717) is 0 Å². The van der Waals surface area contributed by atoms with Gasteiger partial charge in [0.1, 0.15) is 54.4 Å². The molecule has 0 aromatic heterocycles. The van der Waals surface area contributed by atoms with Crippen LogP contribution in [-0.4, -0.2) is 223 Å². The number of carboxylic acid groups (broad SMARTS) is 3. The number of aliphatic carboxylic acids is 3. The number of likely N-dealkylation sites (tertiary alicyclic amines) is 1. The molecule has 1 saturated heterocycles. The lowest BCUT2D eigenvalue weighted by Gasteiger charge is -2.32. The molecule has 1 heterocycles. The highest BCUT2D eigenvalue weighted by Crippen LogP contribution is 2.21. The summed E-state index contributed by atoms with van der Waals surface area (Å²) in [6, 6.07) is -17.3. The van der Waals surface area contributed by atoms with Gasteiger partial charge in [-0.2, -0.15) is 12.6 Å². The predicted molar refractivity (Wildman–Crippen MR) is 323 cm³/mol. The fraction of sp³-hybridized carbons (Fsp3) is 0.717. The summed E-state index contributed by atoms with van der Waals surface area (Å²) in [7, 11) is 0. The standard InChI is InChI=1S/C53H93N17O18S/c1-9-25(6)38(67-48(84)37(24(4)5)66-42(78)29(13-10-16-59-52(55)56)61-44(80)33(21-36(75)76)64-45(81)32(20-35(73)74)63-41(77)28(54)22-89)49(85)62-30(14-11-17-60-53(57)58)43(79)68-39(26(7)71)50(86)70-18-12-15-34(70)47(83)65-31(19-23(2)3)46(82)69-40(27(8)72)51(87)88/h23-34,37-40,71-72,89H,9-22,54H2,1-8H3,(H,61,80)(H,62,85)(H,63,77)(H,64,81)(H,65,83)(H,66,78)(H,67,84)(H,68,79)(H,69,82)(H,73,74)(H,75,76)(H,87,88)(H4,55,56,59)(H4,57,58,60)/t25-,26+,27+,28-,29-,30-,31-,32-,33-,34-,37-,38-,39-,40-/m0/s1. The van der Waals surface area contributed by atoms with Crippen molar-refractivity contribution >= 4 is 102 Å². The lowest BCUT2D eigenvalue weighted by molar-refractivity contribution is -0.146. The van der Waals surface area contributed by atoms with Crippen molar-refractivity contribution in [3.05, 3.63) is 0 Å². The molecule has 0 bridgehead atoms. The molecule has 1 fully saturated rings. The van der Waals surface area contributed by atoms with Crippen LogP contribution in [-0.2, 0) is 62.3 Å². The third-order valence-corrected chi connectivity index (χ3v) is 14.4. The van der Waals surface area contributed by atoms with Crippen LogP contribution in [0.5, 0.6) is 0 Å². The molecule has 1 aliphatic heterocycles. The van der Waals surface area contributed by atoms with E-state index in [4.69, 9.17) is 28.7 Å². The van der Waals surface area contributed by atoms with Gasteiger partial charge in [-0.3, -0.25) is 67.5 Å². The van der Waals surface area contributed by atoms with E-state index < -0.39 is 180 Å². The SMILES string of the molecule is CC[C@H](C)[C@H](NC(=O)[C@@H](NC(=O)[C@H](CCCN=C(N)N)NC(=O)[C@H](CC(=O)O)NC(=O)[C@H](CC(=O)O)NC(=O)[C@@H](N)CS)C(C)C)C(=O)N[C@@H](CCCN=C(N)N)C(=O)N[C@H](C(=O)N1CCC[C@H]1C(=O)N[C@@H](CC(C)C)C(=O)N[C@H](C(=O)O)[C@@H](C)O)[C@@H](C)O. The Balaban J connectivity index is 3.64. The average Bonchev–Trinajstić information content (AvgIpc) is 2.69. The highest BCUT2D eigenvalue weighted by Gasteiger charge is 2.43. The Labute approximate surface area is 520 Å². The minimum atomic E-state index is -2.00. The van der Waals surface area contributed by atoms with E-state index in [1.165, 1.54) is 20.8 Å². The van der Waals surface area contributed by atoms with Gasteiger partial charge in [-0.05, 0) is 76.5 Å². The van der Waals surface area contributed by atoms with Crippen LogP contribution in [0.2, 0.25) is 0 Å². The number of carbonyl (C=O) groups excluding carboxylic acids is 10. The number of carbonyl (C=O) groups is 13. The third-order valence-electron chi connectivity index (χ3n) is 14.0. The molecule has 35 nitrogen and oxygen atoms in total. The van der Waals surface area contributed by atoms with E-state index in [1.807, 2.05) is 0 Å². The second kappa shape index (κ2) is 39.0. The summed E-state index contributed by atoms with van der Waals surface area (Å²) in [5, 5.41) is 71.3. The molecule has 89 heavy (non-hydrogen) atoms. The van der Waals surface area contributed by atoms with Crippen molar-refractivity contribution in [3.63, 3.8) is 0 Å². The number of thiol groups is 1. The Morgan fingerprint density at radius 2 is 0.944 bits per heavy atom. The summed E-state index contributed by atoms with van der Waals surface area (Å²) in [5.41, 5.74) is 27.6. The number of hydrogen-bond donors (Lipinski definition) is 20. The number of aliphatic hydroxyl groups is 2. The Bertz CT molecular complexity index is 2530. The van der Waals surface area contributed by atoms with Gasteiger partial charge in [0.25, 0.3) is 0 Å². The van der Waals surface area contributed by atoms with Crippen molar-refractivity contribution < 1.29 is 87.9 Å². The molecule has 1 aliphatic rings. The van der Waals surface area contributed by atoms with E-state index in [-0.39, 0.29) is 94.6 Å². The Hall–Kier alpha value is -8.12. The van der Waals surface area contributed by atoms with Gasteiger partial charge in [-0.25, -0.2) is 4.79 Å². The number of guanidine groups is 2. The summed E-state index contributed by atoms with van der Waals surface area (Å²) in [6.45, 7) is 12.0. The molecule has 36 heteroatoms. The number of carboxylic acids is 3. The number of hydrogen-bond acceptors (Lipinski definition) is 19. The molecule has 0 unspecified atom stereocenters. The van der Waals surface area contributed by atoms with E-state index in [2.05, 4.69) is 70.5 Å². The molecular formula is C53H93N17O18S. The van der Waals surface area contributed by atoms with Crippen LogP contribution in [0.1, 0.15) is 120 Å². The predicted octanol–water partition coefficient (Wildman–Crippen LogP) is -6.75. The van der Waals surface area contributed by atoms with E-state index in [0.717, 1.165) is 11.8 Å². The second-order valence-corrected chi connectivity index (χ2v) is 22.8. The molecule has 24 N–H and O–H groups in total. The van der Waals surface area contributed by atoms with Gasteiger partial charge < -0.3 is 107 Å². The number of nitrogens with one attached hydrogen (secondary N) is 9. The third kappa shape index (κ3) is 27.9. The first kappa shape index (κ1) is 78.9. The first-order valence-corrected chi connectivity index (χ1v) is 29.6. The first-order valence-electron chi connectivity index (χ1n) is 29.0. The topological polar surface area (TPSA) is 589 Å². The summed E-state index contributed by atoms with van der Waals surface area (Å²) in [5.74, 6) is -17.4. The van der Waals surface area contributed by atoms with E-state index >= 15 is 0 Å². The van der Waals surface area contributed by atoms with Crippen LogP contribution in [0, 0.1) is 17.8 Å². The molecule has 0 radical (unpaired) electrons. The van der Waals surface area contributed by atoms with Crippen molar-refractivity contribution in [2.75, 3.05) is 25.4 Å². The van der Waals surface area contributed by atoms with Crippen molar-refractivity contribution in [2.24, 2.45) is 56.4 Å². The molecule has 0 spiro atoms. The van der Waals surface area contributed by atoms with Crippen molar-refractivity contribution in [1.82, 2.24) is 52.8 Å². The lowest BCUT2D eigenvalue weighted by Crippen LogP contribution is -2.63. The van der Waals surface area contributed by atoms with Crippen LogP contribution >= 0.6 is 12.6 Å². The number of amides is 10. The maximum absolute atomic E-state index is 14.5. The minimum Gasteiger partial charge on any atom is -0.481 e. The van der Waals surface area contributed by atoms with Crippen molar-refractivity contribution in [3.8, 4) is 0 Å². The van der Waals surface area contributed by atoms with Crippen LogP contribution in [0.3, 0.4) is 0 Å². The minimum absolute atomic E-state index is 0.0198. The molecule has 504 valence electrons.